The van der Waals surface area contributed by atoms with Gasteiger partial charge in [-0.05, 0) is 31.4 Å². The second kappa shape index (κ2) is 6.65. The van der Waals surface area contributed by atoms with E-state index in [9.17, 15) is 4.79 Å². The monoisotopic (exact) mass is 368 g/mol. The lowest BCUT2D eigenvalue weighted by Crippen LogP contribution is -2.66. The van der Waals surface area contributed by atoms with Gasteiger partial charge in [-0.25, -0.2) is 4.79 Å². The van der Waals surface area contributed by atoms with Gasteiger partial charge in [-0.15, -0.1) is 0 Å². The van der Waals surface area contributed by atoms with E-state index in [4.69, 9.17) is 9.47 Å². The maximum atomic E-state index is 12.7. The number of aromatic nitrogens is 2. The minimum Gasteiger partial charge on any atom is -0.379 e. The van der Waals surface area contributed by atoms with Gasteiger partial charge < -0.3 is 19.7 Å². The zero-order valence-corrected chi connectivity index (χ0v) is 15.3. The summed E-state index contributed by atoms with van der Waals surface area (Å²) in [4.78, 5) is 14.6. The molecule has 2 fully saturated rings. The first-order chi connectivity index (χ1) is 13.3. The lowest BCUT2D eigenvalue weighted by atomic mass is 9.80. The molecule has 0 saturated carbocycles. The number of hydrogen-bond acceptors (Lipinski definition) is 4. The normalized spacial score (nSPS) is 24.4. The number of amides is 2. The van der Waals surface area contributed by atoms with Crippen molar-refractivity contribution in [3.8, 4) is 11.3 Å². The van der Waals surface area contributed by atoms with Crippen molar-refractivity contribution in [2.24, 2.45) is 0 Å². The van der Waals surface area contributed by atoms with Crippen molar-refractivity contribution in [3.63, 3.8) is 0 Å². The van der Waals surface area contributed by atoms with Gasteiger partial charge in [-0.1, -0.05) is 12.1 Å². The molecule has 1 aromatic heterocycles. The number of carbonyl (C=O) groups is 1. The van der Waals surface area contributed by atoms with Crippen LogP contribution in [0, 0.1) is 0 Å². The van der Waals surface area contributed by atoms with Crippen LogP contribution in [0.1, 0.15) is 30.5 Å². The summed E-state index contributed by atoms with van der Waals surface area (Å²) in [5, 5.41) is 10.6. The van der Waals surface area contributed by atoms with Crippen LogP contribution in [0.25, 0.3) is 11.3 Å². The summed E-state index contributed by atoms with van der Waals surface area (Å²) in [6.45, 7) is 3.60. The smallest absolute Gasteiger partial charge is 0.322 e. The number of nitrogens with one attached hydrogen (secondary N) is 2. The van der Waals surface area contributed by atoms with Crippen LogP contribution in [0.15, 0.2) is 24.3 Å². The summed E-state index contributed by atoms with van der Waals surface area (Å²) >= 11 is 0. The van der Waals surface area contributed by atoms with Crippen molar-refractivity contribution in [2.45, 2.75) is 37.8 Å². The first-order valence-electron chi connectivity index (χ1n) is 9.66. The second-order valence-electron chi connectivity index (χ2n) is 7.62. The third kappa shape index (κ3) is 2.91. The van der Waals surface area contributed by atoms with Gasteiger partial charge >= 0.3 is 6.03 Å². The topological polar surface area (TPSA) is 79.5 Å². The molecule has 1 unspecified atom stereocenters. The van der Waals surface area contributed by atoms with Crippen LogP contribution in [0.5, 0.6) is 0 Å². The number of benzene rings is 1. The number of anilines is 1. The molecule has 2 saturated heterocycles. The van der Waals surface area contributed by atoms with Crippen molar-refractivity contribution in [3.05, 3.63) is 35.5 Å². The molecule has 5 rings (SSSR count). The number of aromatic amines is 1. The van der Waals surface area contributed by atoms with E-state index < -0.39 is 0 Å². The molecule has 1 aromatic carbocycles. The van der Waals surface area contributed by atoms with Gasteiger partial charge in [-0.3, -0.25) is 5.10 Å². The molecule has 0 aliphatic carbocycles. The molecular formula is C20H24N4O3. The lowest BCUT2D eigenvalue weighted by Gasteiger charge is -2.54. The number of carbonyl (C=O) groups excluding carboxylic acids is 1. The molecule has 3 aliphatic heterocycles. The Balaban J connectivity index is 1.28. The minimum atomic E-state index is -0.0869. The summed E-state index contributed by atoms with van der Waals surface area (Å²) in [5.74, 6) is 0. The lowest BCUT2D eigenvalue weighted by molar-refractivity contribution is -0.0805. The molecule has 1 atom stereocenters. The zero-order valence-electron chi connectivity index (χ0n) is 15.3. The van der Waals surface area contributed by atoms with E-state index in [2.05, 4.69) is 15.5 Å². The summed E-state index contributed by atoms with van der Waals surface area (Å²) in [7, 11) is 0. The van der Waals surface area contributed by atoms with Crippen molar-refractivity contribution in [1.29, 1.82) is 0 Å². The molecule has 2 aromatic rings. The van der Waals surface area contributed by atoms with Gasteiger partial charge in [0.1, 0.15) is 0 Å². The molecule has 3 aliphatic rings. The molecule has 2 N–H and O–H groups in total. The standard InChI is InChI=1S/C20H24N4O3/c25-19(24-9-8-20(24)7-1-10-27-13-20)21-15-4-2-14(3-5-15)18-16-12-26-11-6-17(16)22-23-18/h2-5H,1,6-13H2,(H,21,25)(H,22,23). The molecule has 142 valence electrons. The van der Waals surface area contributed by atoms with Crippen LogP contribution in [-0.4, -0.2) is 53.0 Å². The first kappa shape index (κ1) is 16.8. The Labute approximate surface area is 158 Å². The average Bonchev–Trinajstić information content (AvgIpc) is 3.12. The van der Waals surface area contributed by atoms with E-state index in [-0.39, 0.29) is 11.6 Å². The molecule has 0 bridgehead atoms. The number of likely N-dealkylation sites (tertiary alicyclic amines) is 1. The zero-order chi connectivity index (χ0) is 18.3. The highest BCUT2D eigenvalue weighted by Crippen LogP contribution is 2.38. The molecule has 7 nitrogen and oxygen atoms in total. The number of hydrogen-bond donors (Lipinski definition) is 2. The maximum Gasteiger partial charge on any atom is 0.322 e. The largest absolute Gasteiger partial charge is 0.379 e. The van der Waals surface area contributed by atoms with Crippen molar-refractivity contribution in [2.75, 3.05) is 31.7 Å². The van der Waals surface area contributed by atoms with E-state index in [0.29, 0.717) is 13.2 Å². The molecule has 0 radical (unpaired) electrons. The highest BCUT2D eigenvalue weighted by Gasteiger charge is 2.48. The second-order valence-corrected chi connectivity index (χ2v) is 7.62. The number of urea groups is 1. The number of H-pyrrole nitrogens is 1. The third-order valence-corrected chi connectivity index (χ3v) is 6.03. The van der Waals surface area contributed by atoms with Crippen LogP contribution in [0.2, 0.25) is 0 Å². The Hall–Kier alpha value is -2.38. The number of ether oxygens (including phenoxy) is 2. The molecular weight excluding hydrogens is 344 g/mol. The summed E-state index contributed by atoms with van der Waals surface area (Å²) < 4.78 is 11.2. The van der Waals surface area contributed by atoms with E-state index in [1.54, 1.807) is 0 Å². The number of rotatable bonds is 2. The third-order valence-electron chi connectivity index (χ3n) is 6.03. The van der Waals surface area contributed by atoms with E-state index in [1.165, 1.54) is 0 Å². The fourth-order valence-electron chi connectivity index (χ4n) is 4.36. The summed E-state index contributed by atoms with van der Waals surface area (Å²) in [6, 6.07) is 7.82. The van der Waals surface area contributed by atoms with Gasteiger partial charge in [0.05, 0.1) is 31.1 Å². The van der Waals surface area contributed by atoms with E-state index in [1.807, 2.05) is 29.2 Å². The van der Waals surface area contributed by atoms with Crippen LogP contribution < -0.4 is 5.32 Å². The quantitative estimate of drug-likeness (QED) is 0.854. The van der Waals surface area contributed by atoms with E-state index in [0.717, 1.165) is 73.6 Å². The molecule has 7 heteroatoms. The SMILES string of the molecule is O=C(Nc1ccc(-c2n[nH]c3c2COCC3)cc1)N1CCC12CCCOC2. The van der Waals surface area contributed by atoms with Gasteiger partial charge in [0, 0.05) is 42.1 Å². The van der Waals surface area contributed by atoms with Crippen molar-refractivity contribution >= 4 is 11.7 Å². The Morgan fingerprint density at radius 2 is 2.07 bits per heavy atom. The number of fused-ring (bicyclic) bond motifs is 1. The molecule has 27 heavy (non-hydrogen) atoms. The average molecular weight is 368 g/mol. The Morgan fingerprint density at radius 1 is 1.19 bits per heavy atom. The van der Waals surface area contributed by atoms with Crippen molar-refractivity contribution < 1.29 is 14.3 Å². The Morgan fingerprint density at radius 3 is 2.81 bits per heavy atom. The van der Waals surface area contributed by atoms with Crippen LogP contribution in [-0.2, 0) is 22.5 Å². The van der Waals surface area contributed by atoms with Crippen molar-refractivity contribution in [1.82, 2.24) is 15.1 Å². The van der Waals surface area contributed by atoms with Gasteiger partial charge in [0.15, 0.2) is 0 Å². The van der Waals surface area contributed by atoms with E-state index >= 15 is 0 Å². The Bertz CT molecular complexity index is 839. The molecule has 1 spiro atoms. The Kier molecular flexibility index (Phi) is 4.13. The summed E-state index contributed by atoms with van der Waals surface area (Å²) in [6.07, 6.45) is 3.96. The highest BCUT2D eigenvalue weighted by molar-refractivity contribution is 5.90. The maximum absolute atomic E-state index is 12.7. The molecule has 4 heterocycles. The first-order valence-corrected chi connectivity index (χ1v) is 9.66. The molecule has 2 amide bonds. The fourth-order valence-corrected chi connectivity index (χ4v) is 4.36. The summed E-state index contributed by atoms with van der Waals surface area (Å²) in [5.41, 5.74) is 4.96. The predicted molar refractivity (Wildman–Crippen MR) is 101 cm³/mol. The minimum absolute atomic E-state index is 0.0370. The van der Waals surface area contributed by atoms with Crippen LogP contribution in [0.3, 0.4) is 0 Å². The predicted octanol–water partition coefficient (Wildman–Crippen LogP) is 2.94. The number of nitrogens with zero attached hydrogens (tertiary/aromatic N) is 2. The van der Waals surface area contributed by atoms with Crippen LogP contribution >= 0.6 is 0 Å². The van der Waals surface area contributed by atoms with Gasteiger partial charge in [0.2, 0.25) is 0 Å². The van der Waals surface area contributed by atoms with Gasteiger partial charge in [-0.2, -0.15) is 5.10 Å². The fraction of sp³-hybridized carbons (Fsp3) is 0.500. The van der Waals surface area contributed by atoms with Crippen LogP contribution in [0.4, 0.5) is 10.5 Å². The van der Waals surface area contributed by atoms with Gasteiger partial charge in [0.25, 0.3) is 0 Å². The highest BCUT2D eigenvalue weighted by atomic mass is 16.5.